The Morgan fingerprint density at radius 2 is 2.12 bits per heavy atom. The van der Waals surface area contributed by atoms with Gasteiger partial charge >= 0.3 is 0 Å². The molecule has 0 atom stereocenters. The molecule has 0 bridgehead atoms. The summed E-state index contributed by atoms with van der Waals surface area (Å²) in [6, 6.07) is 2.04. The third-order valence-electron chi connectivity index (χ3n) is 2.37. The van der Waals surface area contributed by atoms with E-state index < -0.39 is 0 Å². The van der Waals surface area contributed by atoms with Crippen LogP contribution in [0.1, 0.15) is 30.6 Å². The molecule has 1 nitrogen and oxygen atoms in total. The fourth-order valence-corrected chi connectivity index (χ4v) is 3.04. The Labute approximate surface area is 112 Å². The molecule has 4 heteroatoms. The first-order chi connectivity index (χ1) is 7.83. The van der Waals surface area contributed by atoms with Crippen molar-refractivity contribution < 1.29 is 0 Å². The van der Waals surface area contributed by atoms with E-state index in [0.717, 1.165) is 18.1 Å². The van der Waals surface area contributed by atoms with Gasteiger partial charge in [0.05, 0.1) is 5.02 Å². The van der Waals surface area contributed by atoms with Crippen LogP contribution in [0.15, 0.2) is 11.4 Å². The second kappa shape index (κ2) is 9.34. The second-order valence-corrected chi connectivity index (χ2v) is 6.23. The molecule has 0 aromatic carbocycles. The lowest BCUT2D eigenvalue weighted by molar-refractivity contribution is 0.602. The smallest absolute Gasteiger partial charge is 0.0516 e. The highest BCUT2D eigenvalue weighted by Crippen LogP contribution is 2.18. The van der Waals surface area contributed by atoms with Crippen LogP contribution in [0.25, 0.3) is 0 Å². The number of nitrogens with one attached hydrogen (secondary N) is 1. The Morgan fingerprint density at radius 1 is 1.31 bits per heavy atom. The SMILES string of the molecule is CSCCCCCCNCc1cc(Cl)cs1. The lowest BCUT2D eigenvalue weighted by atomic mass is 10.2. The van der Waals surface area contributed by atoms with Gasteiger partial charge in [-0.2, -0.15) is 11.8 Å². The van der Waals surface area contributed by atoms with E-state index in [0.29, 0.717) is 0 Å². The molecular formula is C12H20ClNS2. The fraction of sp³-hybridized carbons (Fsp3) is 0.667. The third-order valence-corrected chi connectivity index (χ3v) is 4.35. The van der Waals surface area contributed by atoms with Gasteiger partial charge < -0.3 is 5.32 Å². The zero-order valence-corrected chi connectivity index (χ0v) is 12.2. The molecule has 0 radical (unpaired) electrons. The molecular weight excluding hydrogens is 258 g/mol. The lowest BCUT2D eigenvalue weighted by Gasteiger charge is -2.02. The van der Waals surface area contributed by atoms with Gasteiger partial charge in [0.15, 0.2) is 0 Å². The molecule has 0 saturated heterocycles. The number of halogens is 1. The highest BCUT2D eigenvalue weighted by atomic mass is 35.5. The molecule has 1 heterocycles. The van der Waals surface area contributed by atoms with Crippen LogP contribution in [0.3, 0.4) is 0 Å². The molecule has 0 fully saturated rings. The zero-order chi connectivity index (χ0) is 11.6. The molecule has 0 saturated carbocycles. The summed E-state index contributed by atoms with van der Waals surface area (Å²) in [5, 5.41) is 6.30. The van der Waals surface area contributed by atoms with Gasteiger partial charge in [-0.15, -0.1) is 11.3 Å². The van der Waals surface area contributed by atoms with Gasteiger partial charge in [0.2, 0.25) is 0 Å². The molecule has 0 amide bonds. The minimum atomic E-state index is 0.860. The summed E-state index contributed by atoms with van der Waals surface area (Å²) in [5.41, 5.74) is 0. The number of thiophene rings is 1. The van der Waals surface area contributed by atoms with Gasteiger partial charge in [0, 0.05) is 16.8 Å². The van der Waals surface area contributed by atoms with Gasteiger partial charge in [-0.1, -0.05) is 24.4 Å². The van der Waals surface area contributed by atoms with E-state index in [1.165, 1.54) is 36.3 Å². The molecule has 1 aromatic rings. The predicted octanol–water partition coefficient (Wildman–Crippen LogP) is 4.41. The van der Waals surface area contributed by atoms with Crippen LogP contribution < -0.4 is 5.32 Å². The zero-order valence-electron chi connectivity index (χ0n) is 9.80. The topological polar surface area (TPSA) is 12.0 Å². The number of hydrogen-bond acceptors (Lipinski definition) is 3. The fourth-order valence-electron chi connectivity index (χ4n) is 1.51. The quantitative estimate of drug-likeness (QED) is 0.671. The Balaban J connectivity index is 1.88. The Bertz CT molecular complexity index is 276. The number of hydrogen-bond donors (Lipinski definition) is 1. The molecule has 0 aliphatic heterocycles. The average molecular weight is 278 g/mol. The van der Waals surface area contributed by atoms with E-state index in [1.54, 1.807) is 11.3 Å². The Kier molecular flexibility index (Phi) is 8.39. The maximum atomic E-state index is 5.85. The minimum absolute atomic E-state index is 0.860. The molecule has 0 spiro atoms. The highest BCUT2D eigenvalue weighted by molar-refractivity contribution is 7.98. The van der Waals surface area contributed by atoms with E-state index >= 15 is 0 Å². The maximum Gasteiger partial charge on any atom is 0.0516 e. The molecule has 0 aliphatic rings. The summed E-state index contributed by atoms with van der Waals surface area (Å²) in [7, 11) is 0. The number of rotatable bonds is 9. The average Bonchev–Trinajstić information content (AvgIpc) is 2.68. The van der Waals surface area contributed by atoms with Crippen LogP contribution in [0.4, 0.5) is 0 Å². The Morgan fingerprint density at radius 3 is 2.81 bits per heavy atom. The molecule has 92 valence electrons. The van der Waals surface area contributed by atoms with Crippen molar-refractivity contribution >= 4 is 34.7 Å². The van der Waals surface area contributed by atoms with Crippen molar-refractivity contribution in [2.75, 3.05) is 18.6 Å². The van der Waals surface area contributed by atoms with Gasteiger partial charge in [-0.3, -0.25) is 0 Å². The molecule has 1 aromatic heterocycles. The van der Waals surface area contributed by atoms with E-state index in [4.69, 9.17) is 11.6 Å². The number of thioether (sulfide) groups is 1. The van der Waals surface area contributed by atoms with E-state index in [9.17, 15) is 0 Å². The van der Waals surface area contributed by atoms with Crippen molar-refractivity contribution in [3.05, 3.63) is 21.3 Å². The van der Waals surface area contributed by atoms with Crippen molar-refractivity contribution in [1.82, 2.24) is 5.32 Å². The van der Waals surface area contributed by atoms with Crippen molar-refractivity contribution in [2.45, 2.75) is 32.2 Å². The van der Waals surface area contributed by atoms with Gasteiger partial charge in [0.1, 0.15) is 0 Å². The monoisotopic (exact) mass is 277 g/mol. The predicted molar refractivity (Wildman–Crippen MR) is 77.9 cm³/mol. The van der Waals surface area contributed by atoms with Crippen LogP contribution in [0, 0.1) is 0 Å². The van der Waals surface area contributed by atoms with Crippen molar-refractivity contribution in [2.24, 2.45) is 0 Å². The largest absolute Gasteiger partial charge is 0.312 e. The van der Waals surface area contributed by atoms with Crippen molar-refractivity contribution in [3.63, 3.8) is 0 Å². The summed E-state index contributed by atoms with van der Waals surface area (Å²) in [6.07, 6.45) is 7.54. The molecule has 1 rings (SSSR count). The van der Waals surface area contributed by atoms with Crippen molar-refractivity contribution in [1.29, 1.82) is 0 Å². The van der Waals surface area contributed by atoms with Gasteiger partial charge in [0.25, 0.3) is 0 Å². The summed E-state index contributed by atoms with van der Waals surface area (Å²) in [4.78, 5) is 1.33. The molecule has 0 unspecified atom stereocenters. The summed E-state index contributed by atoms with van der Waals surface area (Å²) in [6.45, 7) is 2.08. The van der Waals surface area contributed by atoms with Crippen LogP contribution in [-0.2, 0) is 6.54 Å². The maximum absolute atomic E-state index is 5.85. The normalized spacial score (nSPS) is 10.9. The first-order valence-corrected chi connectivity index (χ1v) is 8.40. The molecule has 16 heavy (non-hydrogen) atoms. The van der Waals surface area contributed by atoms with Crippen molar-refractivity contribution in [3.8, 4) is 0 Å². The van der Waals surface area contributed by atoms with Gasteiger partial charge in [-0.05, 0) is 37.5 Å². The molecule has 0 aliphatic carbocycles. The Hall–Kier alpha value is 0.300. The van der Waals surface area contributed by atoms with Crippen LogP contribution in [0.5, 0.6) is 0 Å². The minimum Gasteiger partial charge on any atom is -0.312 e. The summed E-state index contributed by atoms with van der Waals surface area (Å²) in [5.74, 6) is 1.31. The first-order valence-electron chi connectivity index (χ1n) is 5.75. The van der Waals surface area contributed by atoms with Gasteiger partial charge in [-0.25, -0.2) is 0 Å². The van der Waals surface area contributed by atoms with Crippen LogP contribution >= 0.6 is 34.7 Å². The second-order valence-electron chi connectivity index (χ2n) is 3.82. The number of unbranched alkanes of at least 4 members (excludes halogenated alkanes) is 3. The van der Waals surface area contributed by atoms with Crippen LogP contribution in [-0.4, -0.2) is 18.6 Å². The lowest BCUT2D eigenvalue weighted by Crippen LogP contribution is -2.13. The summed E-state index contributed by atoms with van der Waals surface area (Å²) >= 11 is 9.52. The van der Waals surface area contributed by atoms with Crippen LogP contribution in [0.2, 0.25) is 5.02 Å². The standard InChI is InChI=1S/C12H20ClNS2/c1-15-7-5-3-2-4-6-14-9-12-8-11(13)10-16-12/h8,10,14H,2-7,9H2,1H3. The van der Waals surface area contributed by atoms with E-state index in [-0.39, 0.29) is 0 Å². The summed E-state index contributed by atoms with van der Waals surface area (Å²) < 4.78 is 0. The van der Waals surface area contributed by atoms with E-state index in [1.807, 2.05) is 23.2 Å². The first kappa shape index (κ1) is 14.4. The highest BCUT2D eigenvalue weighted by Gasteiger charge is 1.96. The third kappa shape index (κ3) is 6.79. The van der Waals surface area contributed by atoms with E-state index in [2.05, 4.69) is 11.6 Å². The molecule has 1 N–H and O–H groups in total.